The topological polar surface area (TPSA) is 58.2 Å². The van der Waals surface area contributed by atoms with Gasteiger partial charge in [-0.1, -0.05) is 29.3 Å². The van der Waals surface area contributed by atoms with E-state index in [1.165, 1.54) is 0 Å². The van der Waals surface area contributed by atoms with Crippen molar-refractivity contribution in [2.75, 3.05) is 0 Å². The third kappa shape index (κ3) is 2.80. The maximum Gasteiger partial charge on any atom is 0.239 e. The number of amides is 2. The van der Waals surface area contributed by atoms with Crippen molar-refractivity contribution in [3.63, 3.8) is 0 Å². The molecule has 2 rings (SSSR count). The molecule has 1 aliphatic rings. The fourth-order valence-electron chi connectivity index (χ4n) is 1.64. The molecule has 1 heterocycles. The Balaban J connectivity index is 2.20. The summed E-state index contributed by atoms with van der Waals surface area (Å²) < 4.78 is 0. The molecule has 2 amide bonds. The number of benzene rings is 1. The van der Waals surface area contributed by atoms with E-state index in [2.05, 4.69) is 10.6 Å². The van der Waals surface area contributed by atoms with E-state index in [0.717, 1.165) is 0 Å². The summed E-state index contributed by atoms with van der Waals surface area (Å²) in [5.41, 5.74) is 0.684. The summed E-state index contributed by atoms with van der Waals surface area (Å²) in [6.45, 7) is 0. The molecule has 1 fully saturated rings. The summed E-state index contributed by atoms with van der Waals surface area (Å²) in [5.74, 6) is -1.68. The molecule has 1 saturated heterocycles. The molecular formula is C11H8Cl2N2O2S. The summed E-state index contributed by atoms with van der Waals surface area (Å²) in [4.78, 5) is 23.3. The van der Waals surface area contributed by atoms with Gasteiger partial charge in [0, 0.05) is 10.0 Å². The molecule has 0 unspecified atom stereocenters. The average Bonchev–Trinajstić information content (AvgIpc) is 2.25. The third-order valence-corrected chi connectivity index (χ3v) is 3.34. The smallest absolute Gasteiger partial charge is 0.239 e. The number of hydrogen-bond acceptors (Lipinski definition) is 3. The highest BCUT2D eigenvalue weighted by atomic mass is 35.5. The predicted molar refractivity (Wildman–Crippen MR) is 72.5 cm³/mol. The molecule has 94 valence electrons. The van der Waals surface area contributed by atoms with E-state index in [-0.39, 0.29) is 11.5 Å². The summed E-state index contributed by atoms with van der Waals surface area (Å²) in [6, 6.07) is 4.92. The Morgan fingerprint density at radius 1 is 1.17 bits per heavy atom. The van der Waals surface area contributed by atoms with Crippen molar-refractivity contribution < 1.29 is 9.59 Å². The monoisotopic (exact) mass is 302 g/mol. The first-order chi connectivity index (χ1) is 8.47. The highest BCUT2D eigenvalue weighted by molar-refractivity contribution is 7.80. The molecule has 0 aromatic heterocycles. The van der Waals surface area contributed by atoms with Gasteiger partial charge >= 0.3 is 0 Å². The van der Waals surface area contributed by atoms with Crippen LogP contribution in [0.4, 0.5) is 0 Å². The van der Waals surface area contributed by atoms with Crippen LogP contribution in [-0.2, 0) is 16.0 Å². The number of halogens is 2. The zero-order valence-electron chi connectivity index (χ0n) is 9.00. The van der Waals surface area contributed by atoms with Crippen LogP contribution in [0.25, 0.3) is 0 Å². The van der Waals surface area contributed by atoms with Crippen molar-refractivity contribution in [3.05, 3.63) is 33.8 Å². The van der Waals surface area contributed by atoms with E-state index < -0.39 is 17.7 Å². The van der Waals surface area contributed by atoms with Crippen molar-refractivity contribution in [1.29, 1.82) is 0 Å². The minimum absolute atomic E-state index is 0.0310. The van der Waals surface area contributed by atoms with E-state index in [9.17, 15) is 9.59 Å². The van der Waals surface area contributed by atoms with Gasteiger partial charge in [-0.3, -0.25) is 9.59 Å². The molecule has 0 atom stereocenters. The summed E-state index contributed by atoms with van der Waals surface area (Å²) in [7, 11) is 0. The van der Waals surface area contributed by atoms with Gasteiger partial charge in [-0.2, -0.15) is 0 Å². The van der Waals surface area contributed by atoms with E-state index in [1.807, 2.05) is 0 Å². The van der Waals surface area contributed by atoms with Gasteiger partial charge in [0.05, 0.1) is 0 Å². The Morgan fingerprint density at radius 2 is 1.78 bits per heavy atom. The lowest BCUT2D eigenvalue weighted by Gasteiger charge is -2.22. The van der Waals surface area contributed by atoms with Crippen LogP contribution in [-0.4, -0.2) is 16.9 Å². The van der Waals surface area contributed by atoms with E-state index in [4.69, 9.17) is 35.4 Å². The normalized spacial score (nSPS) is 16.4. The Labute approximate surface area is 119 Å². The number of hydrogen-bond donors (Lipinski definition) is 2. The molecule has 7 heteroatoms. The van der Waals surface area contributed by atoms with Crippen molar-refractivity contribution in [3.8, 4) is 0 Å². The Kier molecular flexibility index (Phi) is 3.85. The molecule has 0 spiro atoms. The Bertz CT molecular complexity index is 528. The lowest BCUT2D eigenvalue weighted by molar-refractivity contribution is -0.135. The van der Waals surface area contributed by atoms with Crippen LogP contribution < -0.4 is 10.6 Å². The van der Waals surface area contributed by atoms with Crippen LogP contribution in [0, 0.1) is 5.92 Å². The lowest BCUT2D eigenvalue weighted by atomic mass is 9.96. The van der Waals surface area contributed by atoms with Crippen molar-refractivity contribution in [1.82, 2.24) is 10.6 Å². The van der Waals surface area contributed by atoms with Crippen LogP contribution in [0.3, 0.4) is 0 Å². The lowest BCUT2D eigenvalue weighted by Crippen LogP contribution is -2.56. The molecule has 0 aliphatic carbocycles. The molecule has 1 aromatic rings. The van der Waals surface area contributed by atoms with Gasteiger partial charge in [0.25, 0.3) is 0 Å². The standard InChI is InChI=1S/C11H8Cl2N2O2S/c12-6-2-1-5(8(13)4-6)3-7-9(16)14-11(18)15-10(7)17/h1-2,4,7H,3H2,(H2,14,15,16,17,18). The first-order valence-electron chi connectivity index (χ1n) is 5.07. The molecule has 0 radical (unpaired) electrons. The molecule has 0 bridgehead atoms. The highest BCUT2D eigenvalue weighted by Gasteiger charge is 2.32. The summed E-state index contributed by atoms with van der Waals surface area (Å²) in [5, 5.41) is 5.76. The third-order valence-electron chi connectivity index (χ3n) is 2.55. The average molecular weight is 303 g/mol. The second-order valence-corrected chi connectivity index (χ2v) is 5.05. The number of carbonyl (C=O) groups excluding carboxylic acids is 2. The predicted octanol–water partition coefficient (Wildman–Crippen LogP) is 1.68. The number of carbonyl (C=O) groups is 2. The molecule has 18 heavy (non-hydrogen) atoms. The quantitative estimate of drug-likeness (QED) is 0.645. The molecule has 1 aliphatic heterocycles. The van der Waals surface area contributed by atoms with Gasteiger partial charge in [0.2, 0.25) is 11.8 Å². The van der Waals surface area contributed by atoms with Crippen LogP contribution in [0.2, 0.25) is 10.0 Å². The molecule has 4 nitrogen and oxygen atoms in total. The summed E-state index contributed by atoms with van der Waals surface area (Å²) >= 11 is 16.5. The van der Waals surface area contributed by atoms with Crippen molar-refractivity contribution in [2.24, 2.45) is 5.92 Å². The number of thiocarbonyl (C=S) groups is 1. The van der Waals surface area contributed by atoms with Gasteiger partial charge in [-0.25, -0.2) is 0 Å². The van der Waals surface area contributed by atoms with Gasteiger partial charge in [0.1, 0.15) is 5.92 Å². The number of nitrogens with one attached hydrogen (secondary N) is 2. The number of rotatable bonds is 2. The largest absolute Gasteiger partial charge is 0.302 e. The molecule has 2 N–H and O–H groups in total. The van der Waals surface area contributed by atoms with Crippen LogP contribution in [0.15, 0.2) is 18.2 Å². The van der Waals surface area contributed by atoms with Crippen LogP contribution >= 0.6 is 35.4 Å². The van der Waals surface area contributed by atoms with E-state index in [1.54, 1.807) is 18.2 Å². The molecule has 0 saturated carbocycles. The first-order valence-corrected chi connectivity index (χ1v) is 6.23. The Morgan fingerprint density at radius 3 is 2.33 bits per heavy atom. The van der Waals surface area contributed by atoms with Crippen LogP contribution in [0.5, 0.6) is 0 Å². The second kappa shape index (κ2) is 5.22. The highest BCUT2D eigenvalue weighted by Crippen LogP contribution is 2.24. The minimum Gasteiger partial charge on any atom is -0.302 e. The maximum atomic E-state index is 11.7. The molecule has 1 aromatic carbocycles. The van der Waals surface area contributed by atoms with Gasteiger partial charge in [-0.15, -0.1) is 0 Å². The van der Waals surface area contributed by atoms with Gasteiger partial charge < -0.3 is 10.6 Å². The van der Waals surface area contributed by atoms with Crippen LogP contribution in [0.1, 0.15) is 5.56 Å². The molecular weight excluding hydrogens is 295 g/mol. The zero-order valence-corrected chi connectivity index (χ0v) is 11.3. The summed E-state index contributed by atoms with van der Waals surface area (Å²) in [6.07, 6.45) is 0.205. The minimum atomic E-state index is -0.838. The zero-order chi connectivity index (χ0) is 13.3. The van der Waals surface area contributed by atoms with Crippen molar-refractivity contribution >= 4 is 52.3 Å². The fourth-order valence-corrected chi connectivity index (χ4v) is 2.33. The van der Waals surface area contributed by atoms with Crippen molar-refractivity contribution in [2.45, 2.75) is 6.42 Å². The van der Waals surface area contributed by atoms with Gasteiger partial charge in [0.15, 0.2) is 5.11 Å². The fraction of sp³-hybridized carbons (Fsp3) is 0.182. The van der Waals surface area contributed by atoms with Gasteiger partial charge in [-0.05, 0) is 36.3 Å². The SMILES string of the molecule is O=C1NC(=S)NC(=O)C1Cc1ccc(Cl)cc1Cl. The first kappa shape index (κ1) is 13.3. The van der Waals surface area contributed by atoms with E-state index >= 15 is 0 Å². The maximum absolute atomic E-state index is 11.7. The second-order valence-electron chi connectivity index (χ2n) is 3.80. The Hall–Kier alpha value is -1.17. The van der Waals surface area contributed by atoms with E-state index in [0.29, 0.717) is 15.6 Å².